The zero-order valence-electron chi connectivity index (χ0n) is 12.3. The minimum atomic E-state index is -1.29. The molecule has 4 nitrogen and oxygen atoms in total. The van der Waals surface area contributed by atoms with Gasteiger partial charge in [0.05, 0.1) is 0 Å². The summed E-state index contributed by atoms with van der Waals surface area (Å²) in [7, 11) is 0. The summed E-state index contributed by atoms with van der Waals surface area (Å²) in [5, 5.41) is 0. The maximum Gasteiger partial charge on any atom is 0.410 e. The lowest BCUT2D eigenvalue weighted by atomic mass is 9.60. The van der Waals surface area contributed by atoms with Crippen molar-refractivity contribution in [3.63, 3.8) is 0 Å². The number of halogens is 2. The molecule has 2 unspecified atom stereocenters. The Hall–Kier alpha value is -0.480. The lowest BCUT2D eigenvalue weighted by molar-refractivity contribution is -0.138. The Morgan fingerprint density at radius 2 is 2.00 bits per heavy atom. The summed E-state index contributed by atoms with van der Waals surface area (Å²) in [5.74, 6) is -0.112. The maximum absolute atomic E-state index is 12.1. The highest BCUT2D eigenvalue weighted by Gasteiger charge is 2.65. The molecule has 0 aromatic rings. The quantitative estimate of drug-likeness (QED) is 0.641. The molecule has 1 aliphatic carbocycles. The number of carbonyl (C=O) groups excluding carboxylic acids is 2. The van der Waals surface area contributed by atoms with Crippen LogP contribution in [0, 0.1) is 5.41 Å². The van der Waals surface area contributed by atoms with Gasteiger partial charge in [0.2, 0.25) is 0 Å². The van der Waals surface area contributed by atoms with Crippen LogP contribution in [-0.4, -0.2) is 39.3 Å². The van der Waals surface area contributed by atoms with Gasteiger partial charge in [0.25, 0.3) is 0 Å². The fourth-order valence-corrected chi connectivity index (χ4v) is 3.70. The Balaban J connectivity index is 2.04. The molecule has 2 fully saturated rings. The molecule has 1 spiro atoms. The molecule has 0 radical (unpaired) electrons. The second kappa shape index (κ2) is 4.77. The summed E-state index contributed by atoms with van der Waals surface area (Å²) in [6.07, 6.45) is 1.35. The first-order valence-electron chi connectivity index (χ1n) is 6.89. The van der Waals surface area contributed by atoms with Gasteiger partial charge in [-0.3, -0.25) is 4.79 Å². The summed E-state index contributed by atoms with van der Waals surface area (Å²) >= 11 is 12.3. The van der Waals surface area contributed by atoms with Crippen LogP contribution < -0.4 is 0 Å². The van der Waals surface area contributed by atoms with E-state index in [1.807, 2.05) is 27.7 Å². The number of Topliss-reactive ketones (excluding diaryl/α,β-unsaturated/α-hetero) is 1. The van der Waals surface area contributed by atoms with E-state index in [0.29, 0.717) is 25.8 Å². The Bertz CT molecular complexity index is 444. The van der Waals surface area contributed by atoms with Gasteiger partial charge in [-0.1, -0.05) is 23.2 Å². The highest BCUT2D eigenvalue weighted by atomic mass is 35.5. The third-order valence-electron chi connectivity index (χ3n) is 4.19. The molecule has 0 aromatic heterocycles. The van der Waals surface area contributed by atoms with Crippen molar-refractivity contribution in [3.8, 4) is 0 Å². The van der Waals surface area contributed by atoms with Crippen LogP contribution in [0.3, 0.4) is 0 Å². The number of ether oxygens (including phenoxy) is 1. The topological polar surface area (TPSA) is 46.6 Å². The molecule has 2 rings (SSSR count). The van der Waals surface area contributed by atoms with Gasteiger partial charge in [0.15, 0.2) is 10.1 Å². The smallest absolute Gasteiger partial charge is 0.410 e. The van der Waals surface area contributed by atoms with Crippen LogP contribution in [0.2, 0.25) is 0 Å². The number of hydrogen-bond acceptors (Lipinski definition) is 3. The molecule has 1 heterocycles. The van der Waals surface area contributed by atoms with Crippen molar-refractivity contribution in [2.75, 3.05) is 6.54 Å². The van der Waals surface area contributed by atoms with Gasteiger partial charge in [-0.25, -0.2) is 4.79 Å². The van der Waals surface area contributed by atoms with E-state index in [9.17, 15) is 9.59 Å². The molecule has 114 valence electrons. The lowest BCUT2D eigenvalue weighted by Gasteiger charge is -2.56. The van der Waals surface area contributed by atoms with Crippen LogP contribution in [0.5, 0.6) is 0 Å². The molecule has 1 saturated heterocycles. The first-order chi connectivity index (χ1) is 8.98. The minimum absolute atomic E-state index is 0.0384. The standard InChI is InChI=1S/C14H21Cl2NO3/c1-9-7-13(8-10(18)14(13,15)16)5-6-17(9)11(19)20-12(2,3)4/h9H,5-8H2,1-4H3. The number of rotatable bonds is 0. The SMILES string of the molecule is CC1CC2(CCN1C(=O)OC(C)(C)C)CC(=O)C2(Cl)Cl. The van der Waals surface area contributed by atoms with Crippen molar-refractivity contribution in [2.45, 2.75) is 62.9 Å². The fraction of sp³-hybridized carbons (Fsp3) is 0.857. The van der Waals surface area contributed by atoms with Crippen LogP contribution in [-0.2, 0) is 9.53 Å². The normalized spacial score (nSPS) is 33.0. The van der Waals surface area contributed by atoms with E-state index in [4.69, 9.17) is 27.9 Å². The molecule has 20 heavy (non-hydrogen) atoms. The summed E-state index contributed by atoms with van der Waals surface area (Å²) < 4.78 is 4.10. The first kappa shape index (κ1) is 15.9. The largest absolute Gasteiger partial charge is 0.444 e. The number of likely N-dealkylation sites (tertiary alicyclic amines) is 1. The summed E-state index contributed by atoms with van der Waals surface area (Å²) in [6.45, 7) is 7.98. The molecule has 1 amide bonds. The molecule has 1 saturated carbocycles. The maximum atomic E-state index is 12.1. The summed E-state index contributed by atoms with van der Waals surface area (Å²) in [5.41, 5.74) is -0.897. The van der Waals surface area contributed by atoms with Crippen LogP contribution in [0.15, 0.2) is 0 Å². The van der Waals surface area contributed by atoms with Crippen molar-refractivity contribution in [3.05, 3.63) is 0 Å². The zero-order chi connectivity index (χ0) is 15.3. The lowest BCUT2D eigenvalue weighted by Crippen LogP contribution is -2.64. The first-order valence-corrected chi connectivity index (χ1v) is 7.65. The van der Waals surface area contributed by atoms with Gasteiger partial charge in [-0.15, -0.1) is 0 Å². The average Bonchev–Trinajstić information content (AvgIpc) is 2.26. The van der Waals surface area contributed by atoms with Crippen molar-refractivity contribution < 1.29 is 14.3 Å². The average molecular weight is 322 g/mol. The van der Waals surface area contributed by atoms with Gasteiger partial charge < -0.3 is 9.64 Å². The van der Waals surface area contributed by atoms with Gasteiger partial charge in [0, 0.05) is 24.4 Å². The van der Waals surface area contributed by atoms with Crippen LogP contribution >= 0.6 is 23.2 Å². The Kier molecular flexibility index (Phi) is 3.79. The molecular weight excluding hydrogens is 301 g/mol. The Labute approximate surface area is 129 Å². The molecule has 1 aliphatic heterocycles. The highest BCUT2D eigenvalue weighted by Crippen LogP contribution is 2.60. The molecular formula is C14H21Cl2NO3. The van der Waals surface area contributed by atoms with E-state index in [-0.39, 0.29) is 23.3 Å². The number of carbonyl (C=O) groups is 2. The highest BCUT2D eigenvalue weighted by molar-refractivity contribution is 6.61. The van der Waals surface area contributed by atoms with Gasteiger partial charge >= 0.3 is 6.09 Å². The molecule has 0 bridgehead atoms. The van der Waals surface area contributed by atoms with Crippen molar-refractivity contribution in [1.29, 1.82) is 0 Å². The van der Waals surface area contributed by atoms with Crippen molar-refractivity contribution in [2.24, 2.45) is 5.41 Å². The zero-order valence-corrected chi connectivity index (χ0v) is 13.8. The molecule has 2 atom stereocenters. The van der Waals surface area contributed by atoms with Crippen molar-refractivity contribution >= 4 is 35.1 Å². The minimum Gasteiger partial charge on any atom is -0.444 e. The van der Waals surface area contributed by atoms with E-state index in [1.54, 1.807) is 4.90 Å². The molecule has 2 aliphatic rings. The molecule has 0 N–H and O–H groups in total. The monoisotopic (exact) mass is 321 g/mol. The Morgan fingerprint density at radius 1 is 1.40 bits per heavy atom. The van der Waals surface area contributed by atoms with Crippen LogP contribution in [0.1, 0.15) is 47.0 Å². The number of piperidine rings is 1. The van der Waals surface area contributed by atoms with Gasteiger partial charge in [-0.05, 0) is 40.5 Å². The number of alkyl halides is 2. The van der Waals surface area contributed by atoms with Crippen LogP contribution in [0.25, 0.3) is 0 Å². The summed E-state index contributed by atoms with van der Waals surface area (Å²) in [4.78, 5) is 25.4. The predicted molar refractivity (Wildman–Crippen MR) is 78.1 cm³/mol. The second-order valence-corrected chi connectivity index (χ2v) is 8.26. The van der Waals surface area contributed by atoms with E-state index in [2.05, 4.69) is 0 Å². The number of amides is 1. The van der Waals surface area contributed by atoms with Gasteiger partial charge in [-0.2, -0.15) is 0 Å². The second-order valence-electron chi connectivity index (χ2n) is 6.93. The third kappa shape index (κ3) is 2.52. The third-order valence-corrected chi connectivity index (χ3v) is 5.42. The number of nitrogens with zero attached hydrogens (tertiary/aromatic N) is 1. The summed E-state index contributed by atoms with van der Waals surface area (Å²) in [6, 6.07) is -0.0384. The van der Waals surface area contributed by atoms with E-state index >= 15 is 0 Å². The molecule has 0 aromatic carbocycles. The van der Waals surface area contributed by atoms with E-state index in [1.165, 1.54) is 0 Å². The Morgan fingerprint density at radius 3 is 2.40 bits per heavy atom. The molecule has 6 heteroatoms. The van der Waals surface area contributed by atoms with Crippen molar-refractivity contribution in [1.82, 2.24) is 4.90 Å². The van der Waals surface area contributed by atoms with Gasteiger partial charge in [0.1, 0.15) is 5.60 Å². The fourth-order valence-electron chi connectivity index (χ4n) is 3.09. The predicted octanol–water partition coefficient (Wildman–Crippen LogP) is 3.54. The van der Waals surface area contributed by atoms with E-state index < -0.39 is 9.93 Å². The number of ketones is 1. The van der Waals surface area contributed by atoms with E-state index in [0.717, 1.165) is 0 Å². The number of hydrogen-bond donors (Lipinski definition) is 0. The van der Waals surface area contributed by atoms with Crippen LogP contribution in [0.4, 0.5) is 4.79 Å².